The maximum absolute atomic E-state index is 16.3. The predicted molar refractivity (Wildman–Crippen MR) is 174 cm³/mol. The number of carbonyl (C=O) groups excluding carboxylic acids is 1. The van der Waals surface area contributed by atoms with Gasteiger partial charge in [-0.15, -0.1) is 0 Å². The van der Waals surface area contributed by atoms with E-state index < -0.39 is 93.4 Å². The van der Waals surface area contributed by atoms with Crippen molar-refractivity contribution >= 4 is 78.1 Å². The van der Waals surface area contributed by atoms with Crippen LogP contribution >= 0.6 is 38.1 Å². The van der Waals surface area contributed by atoms with Gasteiger partial charge in [-0.05, 0) is 0 Å². The summed E-state index contributed by atoms with van der Waals surface area (Å²) in [6.07, 6.45) is -10.3. The Labute approximate surface area is 289 Å². The van der Waals surface area contributed by atoms with Crippen LogP contribution in [0.3, 0.4) is 0 Å². The summed E-state index contributed by atoms with van der Waals surface area (Å²) in [5.41, 5.74) is 4.99. The van der Waals surface area contributed by atoms with Crippen molar-refractivity contribution in [1.82, 2.24) is 39.0 Å². The van der Waals surface area contributed by atoms with Crippen molar-refractivity contribution in [3.8, 4) is 0 Å². The molecule has 0 spiro atoms. The van der Waals surface area contributed by atoms with E-state index in [1.165, 1.54) is 10.9 Å². The molecule has 4 aromatic rings. The Hall–Kier alpha value is -3.05. The average molecular weight is 781 g/mol. The quantitative estimate of drug-likeness (QED) is 0.147. The Morgan fingerprint density at radius 2 is 1.48 bits per heavy atom. The fraction of sp³-hybridized carbons (Fsp3) is 0.542. The Kier molecular flexibility index (Phi) is 9.32. The van der Waals surface area contributed by atoms with Crippen LogP contribution in [-0.4, -0.2) is 94.9 Å². The van der Waals surface area contributed by atoms with Crippen molar-refractivity contribution in [3.05, 3.63) is 29.3 Å². The number of hydrogen-bond donors (Lipinski definition) is 5. The number of ether oxygens (including phenoxy) is 2. The summed E-state index contributed by atoms with van der Waals surface area (Å²) in [4.78, 5) is 47.5. The van der Waals surface area contributed by atoms with Crippen LogP contribution in [0.5, 0.6) is 0 Å². The number of nitrogens with zero attached hydrogens (tertiary/aromatic N) is 7. The SMILES string of the molecule is CC(C)C(=O)Nc1nc2c(ncn2[C@@H]2O[C@@H]3CO[P@@](=O)(S)O[C@H]4[C@@H](F)[C@H](n5cnc6c(N)ncnc65)O[C@@H]4CO[P@@](=O)(S)O[C@H]3[C@H]2F)c(=O)[nH]1. The first-order valence-corrected chi connectivity index (χ1v) is 20.1. The number of fused-ring (bicyclic) bond motifs is 4. The Morgan fingerprint density at radius 3 is 2.04 bits per heavy atom. The fourth-order valence-corrected chi connectivity index (χ4v) is 8.51. The van der Waals surface area contributed by atoms with Gasteiger partial charge in [0.15, 0.2) is 47.4 Å². The molecule has 0 saturated carbocycles. The van der Waals surface area contributed by atoms with E-state index in [-0.39, 0.29) is 34.1 Å². The number of nitrogen functional groups attached to an aromatic ring is 1. The van der Waals surface area contributed by atoms with Gasteiger partial charge in [0, 0.05) is 5.92 Å². The molecule has 270 valence electrons. The molecule has 3 aliphatic rings. The molecule has 26 heteroatoms. The standard InChI is InChI=1S/C24H28F2N10O10P2S2/c1-8(2)20(37)33-24-32-19-14(21(38)34-24)31-7-36(19)23-12(26)16-10(44-23)4-42-47(39,49)45-15-9(3-41-48(40,50)46-16)43-22(11(15)25)35-6-30-13-17(27)28-5-29-18(13)35/h5-12,15-16,22-23H,3-4H2,1-2H3,(H,39,49)(H,40,50)(H2,27,28,29)(H2,32,33,34,37,38)/t9-,10-,11-,12-,15-,16-,22-,23-,47-,48-/m1/s1. The predicted octanol–water partition coefficient (Wildman–Crippen LogP) is 2.50. The maximum Gasteiger partial charge on any atom is 0.386 e. The molecule has 50 heavy (non-hydrogen) atoms. The van der Waals surface area contributed by atoms with Gasteiger partial charge in [-0.1, -0.05) is 38.3 Å². The second-order valence-electron chi connectivity index (χ2n) is 11.7. The summed E-state index contributed by atoms with van der Waals surface area (Å²) in [5, 5.41) is 2.45. The van der Waals surface area contributed by atoms with Crippen LogP contribution in [0.2, 0.25) is 0 Å². The number of carbonyl (C=O) groups is 1. The molecular formula is C24H28F2N10O10P2S2. The molecule has 3 aliphatic heterocycles. The molecule has 1 amide bonds. The van der Waals surface area contributed by atoms with Gasteiger partial charge in [-0.2, -0.15) is 4.98 Å². The molecule has 0 aromatic carbocycles. The van der Waals surface area contributed by atoms with Gasteiger partial charge in [-0.25, -0.2) is 37.8 Å². The van der Waals surface area contributed by atoms with E-state index in [2.05, 4.69) is 59.7 Å². The van der Waals surface area contributed by atoms with Gasteiger partial charge in [0.05, 0.1) is 25.9 Å². The minimum atomic E-state index is -4.49. The van der Waals surface area contributed by atoms with Crippen molar-refractivity contribution in [2.75, 3.05) is 24.3 Å². The van der Waals surface area contributed by atoms with Crippen LogP contribution in [0, 0.1) is 5.92 Å². The number of hydrogen-bond acceptors (Lipinski definition) is 16. The first-order chi connectivity index (χ1) is 23.6. The molecule has 20 nitrogen and oxygen atoms in total. The monoisotopic (exact) mass is 780 g/mol. The number of halogens is 2. The highest BCUT2D eigenvalue weighted by Gasteiger charge is 2.54. The highest BCUT2D eigenvalue weighted by Crippen LogP contribution is 2.60. The number of imidazole rings is 2. The minimum Gasteiger partial charge on any atom is -0.382 e. The molecule has 0 aliphatic carbocycles. The van der Waals surface area contributed by atoms with E-state index >= 15 is 8.78 Å². The first-order valence-electron chi connectivity index (χ1n) is 14.7. The number of alkyl halides is 2. The molecule has 3 fully saturated rings. The zero-order valence-electron chi connectivity index (χ0n) is 25.7. The number of aromatic nitrogens is 8. The average Bonchev–Trinajstić information content (AvgIpc) is 3.80. The van der Waals surface area contributed by atoms with E-state index in [1.807, 2.05) is 0 Å². The number of H-pyrrole nitrogens is 1. The number of anilines is 2. The summed E-state index contributed by atoms with van der Waals surface area (Å²) in [6, 6.07) is 0. The van der Waals surface area contributed by atoms with Crippen LogP contribution < -0.4 is 16.6 Å². The molecule has 7 rings (SSSR count). The lowest BCUT2D eigenvalue weighted by atomic mass is 10.1. The van der Waals surface area contributed by atoms with E-state index in [0.29, 0.717) is 0 Å². The zero-order valence-corrected chi connectivity index (χ0v) is 29.3. The van der Waals surface area contributed by atoms with Crippen molar-refractivity contribution in [1.29, 1.82) is 0 Å². The molecular weight excluding hydrogens is 752 g/mol. The molecule has 4 N–H and O–H groups in total. The molecule has 4 aromatic heterocycles. The van der Waals surface area contributed by atoms with Crippen LogP contribution in [0.15, 0.2) is 23.8 Å². The number of nitrogens with one attached hydrogen (secondary N) is 2. The molecule has 10 atom stereocenters. The van der Waals surface area contributed by atoms with Gasteiger partial charge >= 0.3 is 13.6 Å². The third kappa shape index (κ3) is 6.57. The van der Waals surface area contributed by atoms with Crippen LogP contribution in [0.25, 0.3) is 22.3 Å². The minimum absolute atomic E-state index is 0.0295. The summed E-state index contributed by atoms with van der Waals surface area (Å²) in [7, 11) is 0. The Bertz CT molecular complexity index is 2120. The highest BCUT2D eigenvalue weighted by molar-refractivity contribution is 8.44. The third-order valence-corrected chi connectivity index (χ3v) is 11.2. The largest absolute Gasteiger partial charge is 0.386 e. The molecule has 3 saturated heterocycles. The normalized spacial score (nSPS) is 35.1. The zero-order chi connectivity index (χ0) is 35.7. The lowest BCUT2D eigenvalue weighted by Crippen LogP contribution is -2.36. The van der Waals surface area contributed by atoms with Gasteiger partial charge < -0.3 is 15.2 Å². The van der Waals surface area contributed by atoms with Crippen LogP contribution in [0.1, 0.15) is 26.3 Å². The van der Waals surface area contributed by atoms with Crippen LogP contribution in [-0.2, 0) is 41.5 Å². The van der Waals surface area contributed by atoms with Crippen molar-refractivity contribution in [2.45, 2.75) is 63.1 Å². The van der Waals surface area contributed by atoms with E-state index in [1.54, 1.807) is 13.8 Å². The number of thiol groups is 2. The van der Waals surface area contributed by atoms with Gasteiger partial charge in [0.2, 0.25) is 11.9 Å². The lowest BCUT2D eigenvalue weighted by Gasteiger charge is -2.28. The van der Waals surface area contributed by atoms with Crippen molar-refractivity contribution in [3.63, 3.8) is 0 Å². The van der Waals surface area contributed by atoms with E-state index in [9.17, 15) is 18.7 Å². The molecule has 0 bridgehead atoms. The second kappa shape index (κ2) is 13.2. The fourth-order valence-electron chi connectivity index (χ4n) is 5.55. The summed E-state index contributed by atoms with van der Waals surface area (Å²) in [6.45, 7) is -7.17. The number of rotatable bonds is 4. The number of amides is 1. The van der Waals surface area contributed by atoms with Crippen molar-refractivity contribution < 1.29 is 50.3 Å². The molecule has 7 heterocycles. The smallest absolute Gasteiger partial charge is 0.382 e. The summed E-state index contributed by atoms with van der Waals surface area (Å²) >= 11 is 7.99. The highest BCUT2D eigenvalue weighted by atomic mass is 32.7. The van der Waals surface area contributed by atoms with Gasteiger partial charge in [-0.3, -0.25) is 47.1 Å². The van der Waals surface area contributed by atoms with Crippen molar-refractivity contribution in [2.24, 2.45) is 5.92 Å². The topological polar surface area (TPSA) is 252 Å². The molecule has 0 unspecified atom stereocenters. The third-order valence-electron chi connectivity index (χ3n) is 7.98. The lowest BCUT2D eigenvalue weighted by molar-refractivity contribution is -0.118. The summed E-state index contributed by atoms with van der Waals surface area (Å²) in [5.74, 6) is -1.11. The number of nitrogens with two attached hydrogens (primary N) is 1. The van der Waals surface area contributed by atoms with E-state index in [4.69, 9.17) is 33.3 Å². The Balaban J connectivity index is 1.15. The maximum atomic E-state index is 16.3. The molecule has 0 radical (unpaired) electrons. The van der Waals surface area contributed by atoms with Gasteiger partial charge in [0.1, 0.15) is 36.3 Å². The second-order valence-corrected chi connectivity index (χ2v) is 17.4. The Morgan fingerprint density at radius 1 is 0.940 bits per heavy atom. The first kappa shape index (κ1) is 35.4. The van der Waals surface area contributed by atoms with Gasteiger partial charge in [0.25, 0.3) is 5.56 Å². The summed E-state index contributed by atoms with van der Waals surface area (Å²) < 4.78 is 95.0. The number of aromatic amines is 1. The van der Waals surface area contributed by atoms with E-state index in [0.717, 1.165) is 17.2 Å². The van der Waals surface area contributed by atoms with Crippen LogP contribution in [0.4, 0.5) is 20.5 Å².